The molecular weight excluding hydrogens is 336 g/mol. The predicted molar refractivity (Wildman–Crippen MR) is 107 cm³/mol. The van der Waals surface area contributed by atoms with E-state index in [1.807, 2.05) is 53.1 Å². The molecule has 27 heavy (non-hydrogen) atoms. The van der Waals surface area contributed by atoms with Crippen LogP contribution < -0.4 is 4.74 Å². The topological polar surface area (TPSA) is 51.2 Å². The van der Waals surface area contributed by atoms with Crippen LogP contribution in [0.15, 0.2) is 83.2 Å². The maximum atomic E-state index is 5.37. The summed E-state index contributed by atoms with van der Waals surface area (Å²) in [6, 6.07) is 21.9. The number of aryl methyl sites for hydroxylation is 1. The lowest BCUT2D eigenvalue weighted by Crippen LogP contribution is -1.84. The van der Waals surface area contributed by atoms with Gasteiger partial charge in [-0.1, -0.05) is 49.4 Å². The van der Waals surface area contributed by atoms with Gasteiger partial charge >= 0.3 is 0 Å². The second-order valence-electron chi connectivity index (χ2n) is 6.14. The van der Waals surface area contributed by atoms with Gasteiger partial charge in [-0.2, -0.15) is 0 Å². The minimum atomic E-state index is 0.679. The van der Waals surface area contributed by atoms with Gasteiger partial charge < -0.3 is 4.74 Å². The molecule has 0 aliphatic heterocycles. The molecule has 4 rings (SSSR count). The normalized spacial score (nSPS) is 11.3. The smallest absolute Gasteiger partial charge is 0.187 e. The zero-order chi connectivity index (χ0) is 18.6. The first-order chi connectivity index (χ1) is 13.3. The Labute approximate surface area is 158 Å². The molecule has 2 heterocycles. The number of nitrogens with zero attached hydrogens (tertiary/aromatic N) is 4. The molecule has 0 atom stereocenters. The van der Waals surface area contributed by atoms with Crippen molar-refractivity contribution in [1.29, 1.82) is 0 Å². The van der Waals surface area contributed by atoms with Gasteiger partial charge in [0.15, 0.2) is 5.82 Å². The highest BCUT2D eigenvalue weighted by Gasteiger charge is 2.14. The Kier molecular flexibility index (Phi) is 4.66. The maximum absolute atomic E-state index is 5.37. The molecule has 0 saturated heterocycles. The Morgan fingerprint density at radius 3 is 2.48 bits per heavy atom. The van der Waals surface area contributed by atoms with Crippen LogP contribution >= 0.6 is 0 Å². The van der Waals surface area contributed by atoms with E-state index in [2.05, 4.69) is 41.4 Å². The minimum Gasteiger partial charge on any atom is -0.494 e. The fourth-order valence-electron chi connectivity index (χ4n) is 2.98. The largest absolute Gasteiger partial charge is 0.494 e. The molecule has 0 N–H and O–H groups in total. The van der Waals surface area contributed by atoms with Gasteiger partial charge in [0.05, 0.1) is 7.11 Å². The van der Waals surface area contributed by atoms with Crippen LogP contribution in [-0.2, 0) is 6.42 Å². The summed E-state index contributed by atoms with van der Waals surface area (Å²) in [5, 5.41) is 8.97. The third-order valence-corrected chi connectivity index (χ3v) is 4.48. The van der Waals surface area contributed by atoms with Crippen molar-refractivity contribution in [1.82, 2.24) is 9.38 Å². The number of rotatable bonds is 5. The monoisotopic (exact) mass is 356 g/mol. The number of aromatic nitrogens is 2. The van der Waals surface area contributed by atoms with E-state index < -0.39 is 0 Å². The van der Waals surface area contributed by atoms with Gasteiger partial charge in [-0.05, 0) is 36.2 Å². The van der Waals surface area contributed by atoms with Gasteiger partial charge in [-0.25, -0.2) is 4.98 Å². The average molecular weight is 356 g/mol. The van der Waals surface area contributed by atoms with Crippen LogP contribution in [0.5, 0.6) is 5.75 Å². The number of pyridine rings is 1. The summed E-state index contributed by atoms with van der Waals surface area (Å²) in [6.45, 7) is 2.15. The van der Waals surface area contributed by atoms with Crippen molar-refractivity contribution in [2.45, 2.75) is 13.3 Å². The van der Waals surface area contributed by atoms with E-state index in [-0.39, 0.29) is 0 Å². The Morgan fingerprint density at radius 1 is 0.926 bits per heavy atom. The molecule has 0 saturated carbocycles. The van der Waals surface area contributed by atoms with Crippen molar-refractivity contribution in [3.63, 3.8) is 0 Å². The summed E-state index contributed by atoms with van der Waals surface area (Å²) < 4.78 is 7.31. The number of fused-ring (bicyclic) bond motifs is 1. The molecule has 2 aromatic carbocycles. The summed E-state index contributed by atoms with van der Waals surface area (Å²) in [6.07, 6.45) is 2.95. The highest BCUT2D eigenvalue weighted by atomic mass is 16.5. The van der Waals surface area contributed by atoms with Gasteiger partial charge in [0.25, 0.3) is 0 Å². The first-order valence-electron chi connectivity index (χ1n) is 8.91. The van der Waals surface area contributed by atoms with Crippen LogP contribution in [0.4, 0.5) is 11.5 Å². The van der Waals surface area contributed by atoms with Crippen LogP contribution in [0.3, 0.4) is 0 Å². The van der Waals surface area contributed by atoms with Gasteiger partial charge in [-0.15, -0.1) is 10.2 Å². The number of methoxy groups -OCH3 is 1. The summed E-state index contributed by atoms with van der Waals surface area (Å²) in [5.41, 5.74) is 4.63. The summed E-state index contributed by atoms with van der Waals surface area (Å²) in [4.78, 5) is 4.77. The molecule has 0 radical (unpaired) electrons. The average Bonchev–Trinajstić information content (AvgIpc) is 3.11. The molecule has 0 amide bonds. The number of hydrogen-bond donors (Lipinski definition) is 0. The van der Waals surface area contributed by atoms with Gasteiger partial charge in [0.2, 0.25) is 0 Å². The lowest BCUT2D eigenvalue weighted by Gasteiger charge is -2.03. The summed E-state index contributed by atoms with van der Waals surface area (Å²) in [7, 11) is 1.63. The SMILES string of the molecule is CCc1ccc(-c2nc3ccccn3c2N=Nc2ccccc2OC)cc1. The van der Waals surface area contributed by atoms with E-state index in [9.17, 15) is 0 Å². The molecule has 134 valence electrons. The van der Waals surface area contributed by atoms with Crippen molar-refractivity contribution in [2.24, 2.45) is 10.2 Å². The van der Waals surface area contributed by atoms with E-state index in [4.69, 9.17) is 9.72 Å². The molecule has 0 unspecified atom stereocenters. The first kappa shape index (κ1) is 17.0. The fourth-order valence-corrected chi connectivity index (χ4v) is 2.98. The molecule has 4 aromatic rings. The molecule has 0 aliphatic carbocycles. The molecule has 0 spiro atoms. The second kappa shape index (κ2) is 7.41. The van der Waals surface area contributed by atoms with E-state index >= 15 is 0 Å². The predicted octanol–water partition coefficient (Wildman–Crippen LogP) is 5.99. The molecule has 0 bridgehead atoms. The molecular formula is C22H20N4O. The zero-order valence-corrected chi connectivity index (χ0v) is 15.3. The number of para-hydroxylation sites is 1. The van der Waals surface area contributed by atoms with Crippen LogP contribution in [-0.4, -0.2) is 16.5 Å². The number of hydrogen-bond acceptors (Lipinski definition) is 4. The Morgan fingerprint density at radius 2 is 1.70 bits per heavy atom. The quantitative estimate of drug-likeness (QED) is 0.413. The van der Waals surface area contributed by atoms with Crippen LogP contribution in [0, 0.1) is 0 Å². The highest BCUT2D eigenvalue weighted by Crippen LogP contribution is 2.34. The molecule has 2 aromatic heterocycles. The van der Waals surface area contributed by atoms with E-state index in [1.165, 1.54) is 5.56 Å². The Hall–Kier alpha value is -3.47. The molecule has 0 fully saturated rings. The van der Waals surface area contributed by atoms with E-state index in [0.29, 0.717) is 17.3 Å². The zero-order valence-electron chi connectivity index (χ0n) is 15.3. The van der Waals surface area contributed by atoms with Crippen molar-refractivity contribution in [3.05, 3.63) is 78.5 Å². The molecule has 5 nitrogen and oxygen atoms in total. The minimum absolute atomic E-state index is 0.679. The van der Waals surface area contributed by atoms with Crippen molar-refractivity contribution >= 4 is 17.2 Å². The van der Waals surface area contributed by atoms with E-state index in [1.54, 1.807) is 7.11 Å². The maximum Gasteiger partial charge on any atom is 0.187 e. The molecule has 5 heteroatoms. The fraction of sp³-hybridized carbons (Fsp3) is 0.136. The van der Waals surface area contributed by atoms with Crippen LogP contribution in [0.2, 0.25) is 0 Å². The van der Waals surface area contributed by atoms with Gasteiger partial charge in [0, 0.05) is 11.8 Å². The number of imidazole rings is 1. The third-order valence-electron chi connectivity index (χ3n) is 4.48. The third kappa shape index (κ3) is 3.31. The Balaban J connectivity index is 1.84. The van der Waals surface area contributed by atoms with Crippen LogP contribution in [0.1, 0.15) is 12.5 Å². The lowest BCUT2D eigenvalue weighted by atomic mass is 10.1. The van der Waals surface area contributed by atoms with E-state index in [0.717, 1.165) is 23.3 Å². The highest BCUT2D eigenvalue weighted by molar-refractivity contribution is 5.74. The van der Waals surface area contributed by atoms with Crippen molar-refractivity contribution in [2.75, 3.05) is 7.11 Å². The van der Waals surface area contributed by atoms with Gasteiger partial charge in [0.1, 0.15) is 22.8 Å². The van der Waals surface area contributed by atoms with Crippen LogP contribution in [0.25, 0.3) is 16.9 Å². The van der Waals surface area contributed by atoms with Crippen molar-refractivity contribution < 1.29 is 4.74 Å². The standard InChI is InChI=1S/C22H20N4O/c1-3-16-11-13-17(14-12-16)21-22(26-15-7-6-10-20(26)23-21)25-24-18-8-4-5-9-19(18)27-2/h4-15H,3H2,1-2H3. The van der Waals surface area contributed by atoms with Gasteiger partial charge in [-0.3, -0.25) is 4.40 Å². The van der Waals surface area contributed by atoms with Crippen molar-refractivity contribution in [3.8, 4) is 17.0 Å². The summed E-state index contributed by atoms with van der Waals surface area (Å²) in [5.74, 6) is 1.38. The number of benzene rings is 2. The number of ether oxygens (including phenoxy) is 1. The lowest BCUT2D eigenvalue weighted by molar-refractivity contribution is 0.416. The number of azo groups is 1. The summed E-state index contributed by atoms with van der Waals surface area (Å²) >= 11 is 0. The molecule has 0 aliphatic rings. The Bertz CT molecular complexity index is 1100. The first-order valence-corrected chi connectivity index (χ1v) is 8.91. The second-order valence-corrected chi connectivity index (χ2v) is 6.14.